The van der Waals surface area contributed by atoms with Crippen LogP contribution in [0.2, 0.25) is 0 Å². The van der Waals surface area contributed by atoms with E-state index in [1.807, 2.05) is 4.57 Å². The Morgan fingerprint density at radius 3 is 2.47 bits per heavy atom. The van der Waals surface area contributed by atoms with E-state index in [0.717, 1.165) is 30.7 Å². The van der Waals surface area contributed by atoms with Crippen LogP contribution in [-0.4, -0.2) is 40.3 Å². The Labute approximate surface area is 254 Å². The fraction of sp³-hybridized carbons (Fsp3) is 0.242. The lowest BCUT2D eigenvalue weighted by atomic mass is 10.0. The van der Waals surface area contributed by atoms with Crippen molar-refractivity contribution in [2.24, 2.45) is 0 Å². The summed E-state index contributed by atoms with van der Waals surface area (Å²) in [7, 11) is 1.29. The summed E-state index contributed by atoms with van der Waals surface area (Å²) in [6.45, 7) is 0.997. The van der Waals surface area contributed by atoms with Crippen LogP contribution in [0, 0.1) is 11.6 Å². The SMILES string of the molecule is COC(=O)c1ccc2nc(Cc3cc(F)c(-c4cccc(OCc5ccc(C(F)(F)F)cc5)n4)cc3F)n(C[C@@H]3CCO3)c2c1. The second kappa shape index (κ2) is 12.3. The molecule has 0 radical (unpaired) electrons. The molecule has 0 unspecified atom stereocenters. The van der Waals surface area contributed by atoms with Crippen LogP contribution in [0.3, 0.4) is 0 Å². The first-order valence-electron chi connectivity index (χ1n) is 14.0. The number of alkyl halides is 3. The van der Waals surface area contributed by atoms with Gasteiger partial charge in [-0.2, -0.15) is 13.2 Å². The zero-order chi connectivity index (χ0) is 31.7. The molecule has 1 fully saturated rings. The van der Waals surface area contributed by atoms with Crippen LogP contribution in [0.4, 0.5) is 22.0 Å². The molecule has 3 heterocycles. The van der Waals surface area contributed by atoms with Gasteiger partial charge in [-0.1, -0.05) is 18.2 Å². The van der Waals surface area contributed by atoms with Crippen LogP contribution < -0.4 is 4.74 Å². The van der Waals surface area contributed by atoms with Crippen LogP contribution >= 0.6 is 0 Å². The van der Waals surface area contributed by atoms with Crippen molar-refractivity contribution >= 4 is 17.0 Å². The van der Waals surface area contributed by atoms with E-state index < -0.39 is 29.3 Å². The number of ether oxygens (including phenoxy) is 3. The zero-order valence-electron chi connectivity index (χ0n) is 23.9. The molecule has 0 saturated carbocycles. The van der Waals surface area contributed by atoms with Crippen LogP contribution in [0.1, 0.15) is 39.3 Å². The summed E-state index contributed by atoms with van der Waals surface area (Å²) < 4.78 is 87.3. The largest absolute Gasteiger partial charge is 0.473 e. The predicted molar refractivity (Wildman–Crippen MR) is 154 cm³/mol. The number of esters is 1. The third kappa shape index (κ3) is 6.51. The lowest BCUT2D eigenvalue weighted by Gasteiger charge is -2.27. The minimum atomic E-state index is -4.44. The summed E-state index contributed by atoms with van der Waals surface area (Å²) in [5.41, 5.74) is 1.39. The van der Waals surface area contributed by atoms with Gasteiger partial charge in [0.25, 0.3) is 0 Å². The number of rotatable bonds is 9. The summed E-state index contributed by atoms with van der Waals surface area (Å²) in [5.74, 6) is -1.31. The van der Waals surface area contributed by atoms with Gasteiger partial charge < -0.3 is 18.8 Å². The monoisotopic (exact) mass is 623 g/mol. The molecule has 1 aliphatic rings. The average molecular weight is 624 g/mol. The molecule has 232 valence electrons. The van der Waals surface area contributed by atoms with Gasteiger partial charge in [-0.3, -0.25) is 0 Å². The molecule has 0 bridgehead atoms. The number of hydrogen-bond donors (Lipinski definition) is 0. The standard InChI is InChI=1S/C33H26F5N3O4/c1-43-32(42)20-7-10-28-29(14-20)41(17-23-11-12-44-23)30(39-28)15-21-13-26(35)24(16-25(21)34)27-3-2-4-31(40-27)45-18-19-5-8-22(9-6-19)33(36,37)38/h2-10,13-14,16,23H,11-12,15,17-18H2,1H3/t23-/m0/s1. The molecule has 6 rings (SSSR count). The molecule has 0 amide bonds. The summed E-state index contributed by atoms with van der Waals surface area (Å²) >= 11 is 0. The first kappa shape index (κ1) is 30.2. The smallest absolute Gasteiger partial charge is 0.416 e. The molecule has 12 heteroatoms. The molecule has 0 aliphatic carbocycles. The van der Waals surface area contributed by atoms with Crippen molar-refractivity contribution in [3.8, 4) is 17.1 Å². The normalized spacial score (nSPS) is 14.8. The molecular formula is C33H26F5N3O4. The van der Waals surface area contributed by atoms with E-state index in [-0.39, 0.29) is 41.8 Å². The van der Waals surface area contributed by atoms with Crippen LogP contribution in [0.25, 0.3) is 22.3 Å². The van der Waals surface area contributed by atoms with Crippen molar-refractivity contribution in [1.82, 2.24) is 14.5 Å². The topological polar surface area (TPSA) is 75.5 Å². The molecule has 1 aliphatic heterocycles. The van der Waals surface area contributed by atoms with E-state index in [1.54, 1.807) is 24.3 Å². The molecule has 2 aromatic heterocycles. The Morgan fingerprint density at radius 1 is 1.00 bits per heavy atom. The molecule has 3 aromatic carbocycles. The summed E-state index contributed by atoms with van der Waals surface area (Å²) in [5, 5.41) is 0. The Kier molecular flexibility index (Phi) is 8.24. The fourth-order valence-corrected chi connectivity index (χ4v) is 5.07. The first-order chi connectivity index (χ1) is 21.6. The molecule has 0 spiro atoms. The van der Waals surface area contributed by atoms with Crippen molar-refractivity contribution in [3.05, 3.63) is 113 Å². The van der Waals surface area contributed by atoms with Gasteiger partial charge in [-0.25, -0.2) is 23.5 Å². The molecular weight excluding hydrogens is 597 g/mol. The van der Waals surface area contributed by atoms with Crippen LogP contribution in [-0.2, 0) is 35.2 Å². The van der Waals surface area contributed by atoms with E-state index in [1.165, 1.54) is 31.4 Å². The van der Waals surface area contributed by atoms with Gasteiger partial charge in [0.2, 0.25) is 5.88 Å². The molecule has 1 saturated heterocycles. The van der Waals surface area contributed by atoms with Crippen LogP contribution in [0.15, 0.2) is 72.8 Å². The first-order valence-corrected chi connectivity index (χ1v) is 14.0. The highest BCUT2D eigenvalue weighted by molar-refractivity contribution is 5.93. The molecule has 0 N–H and O–H groups in total. The van der Waals surface area contributed by atoms with E-state index in [9.17, 15) is 18.0 Å². The van der Waals surface area contributed by atoms with Crippen molar-refractivity contribution in [2.75, 3.05) is 13.7 Å². The number of carbonyl (C=O) groups is 1. The number of nitrogens with zero attached hydrogens (tertiary/aromatic N) is 3. The molecule has 45 heavy (non-hydrogen) atoms. The average Bonchev–Trinajstić information content (AvgIpc) is 3.34. The number of hydrogen-bond acceptors (Lipinski definition) is 6. The highest BCUT2D eigenvalue weighted by Crippen LogP contribution is 2.31. The van der Waals surface area contributed by atoms with Gasteiger partial charge in [0.05, 0.1) is 47.6 Å². The van der Waals surface area contributed by atoms with Gasteiger partial charge in [0.15, 0.2) is 0 Å². The quantitative estimate of drug-likeness (QED) is 0.128. The molecule has 1 atom stereocenters. The zero-order valence-corrected chi connectivity index (χ0v) is 23.9. The second-order valence-electron chi connectivity index (χ2n) is 10.6. The number of fused-ring (bicyclic) bond motifs is 1. The number of carbonyl (C=O) groups excluding carboxylic acids is 1. The number of imidazole rings is 1. The van der Waals surface area contributed by atoms with E-state index >= 15 is 8.78 Å². The van der Waals surface area contributed by atoms with E-state index in [4.69, 9.17) is 14.2 Å². The number of aromatic nitrogens is 3. The number of methoxy groups -OCH3 is 1. The van der Waals surface area contributed by atoms with E-state index in [2.05, 4.69) is 9.97 Å². The third-order valence-corrected chi connectivity index (χ3v) is 7.58. The highest BCUT2D eigenvalue weighted by atomic mass is 19.4. The maximum Gasteiger partial charge on any atom is 0.416 e. The molecule has 5 aromatic rings. The Morgan fingerprint density at radius 2 is 1.78 bits per heavy atom. The highest BCUT2D eigenvalue weighted by Gasteiger charge is 2.30. The molecule has 7 nitrogen and oxygen atoms in total. The minimum Gasteiger partial charge on any atom is -0.473 e. The number of halogens is 5. The van der Waals surface area contributed by atoms with Crippen molar-refractivity contribution in [3.63, 3.8) is 0 Å². The number of benzene rings is 3. The lowest BCUT2D eigenvalue weighted by molar-refractivity contribution is -0.137. The summed E-state index contributed by atoms with van der Waals surface area (Å²) in [6, 6.07) is 16.2. The summed E-state index contributed by atoms with van der Waals surface area (Å²) in [6.07, 6.45) is -3.69. The van der Waals surface area contributed by atoms with Crippen LogP contribution in [0.5, 0.6) is 5.88 Å². The van der Waals surface area contributed by atoms with E-state index in [0.29, 0.717) is 41.1 Å². The number of pyridine rings is 1. The van der Waals surface area contributed by atoms with Gasteiger partial charge in [0, 0.05) is 24.7 Å². The van der Waals surface area contributed by atoms with Crippen molar-refractivity contribution in [2.45, 2.75) is 38.3 Å². The second-order valence-corrected chi connectivity index (χ2v) is 10.6. The minimum absolute atomic E-state index is 0.0261. The van der Waals surface area contributed by atoms with Gasteiger partial charge in [-0.15, -0.1) is 0 Å². The lowest BCUT2D eigenvalue weighted by Crippen LogP contribution is -2.31. The van der Waals surface area contributed by atoms with Gasteiger partial charge in [0.1, 0.15) is 24.1 Å². The van der Waals surface area contributed by atoms with Gasteiger partial charge in [-0.05, 0) is 66.1 Å². The summed E-state index contributed by atoms with van der Waals surface area (Å²) in [4.78, 5) is 21.1. The van der Waals surface area contributed by atoms with Gasteiger partial charge >= 0.3 is 12.1 Å². The predicted octanol–water partition coefficient (Wildman–Crippen LogP) is 7.14. The Hall–Kier alpha value is -4.84. The van der Waals surface area contributed by atoms with Crippen molar-refractivity contribution < 1.29 is 41.0 Å². The fourth-order valence-electron chi connectivity index (χ4n) is 5.07. The maximum absolute atomic E-state index is 15.5. The maximum atomic E-state index is 15.5. The third-order valence-electron chi connectivity index (χ3n) is 7.58. The Bertz CT molecular complexity index is 1870. The van der Waals surface area contributed by atoms with Crippen molar-refractivity contribution in [1.29, 1.82) is 0 Å². The Balaban J connectivity index is 1.23.